The lowest BCUT2D eigenvalue weighted by Crippen LogP contribution is -2.45. The van der Waals surface area contributed by atoms with Gasteiger partial charge in [0.1, 0.15) is 0 Å². The minimum absolute atomic E-state index is 0.0479. The van der Waals surface area contributed by atoms with Crippen molar-refractivity contribution >= 4 is 46.4 Å². The SMILES string of the molecule is CC1CC(N(C)C)c2ccccc2N1C(=O)c1ccc(NC(=O)c2cc(Cl)cc(Cl)c2)cc1. The summed E-state index contributed by atoms with van der Waals surface area (Å²) in [6.45, 7) is 2.08. The fraction of sp³-hybridized carbons (Fsp3) is 0.231. The normalized spacial score (nSPS) is 17.6. The molecule has 33 heavy (non-hydrogen) atoms. The highest BCUT2D eigenvalue weighted by Gasteiger charge is 2.34. The molecule has 2 atom stereocenters. The number of hydrogen-bond acceptors (Lipinski definition) is 3. The van der Waals surface area contributed by atoms with E-state index in [4.69, 9.17) is 23.2 Å². The fourth-order valence-corrected chi connectivity index (χ4v) is 4.83. The van der Waals surface area contributed by atoms with Gasteiger partial charge in [0.25, 0.3) is 11.8 Å². The van der Waals surface area contributed by atoms with Crippen molar-refractivity contribution in [2.45, 2.75) is 25.4 Å². The van der Waals surface area contributed by atoms with E-state index in [2.05, 4.69) is 37.3 Å². The van der Waals surface area contributed by atoms with E-state index in [1.807, 2.05) is 23.1 Å². The van der Waals surface area contributed by atoms with Crippen LogP contribution in [0.3, 0.4) is 0 Å². The number of nitrogens with zero attached hydrogens (tertiary/aromatic N) is 2. The maximum Gasteiger partial charge on any atom is 0.258 e. The summed E-state index contributed by atoms with van der Waals surface area (Å²) in [5, 5.41) is 3.59. The number of fused-ring (bicyclic) bond motifs is 1. The molecule has 0 aromatic heterocycles. The standard InChI is InChI=1S/C26H25Cl2N3O2/c1-16-12-24(30(2)3)22-6-4-5-7-23(22)31(16)26(33)17-8-10-21(11-9-17)29-25(32)18-13-19(27)15-20(28)14-18/h4-11,13-16,24H,12H2,1-3H3,(H,29,32). The summed E-state index contributed by atoms with van der Waals surface area (Å²) in [6.07, 6.45) is 0.853. The van der Waals surface area contributed by atoms with Crippen LogP contribution in [0.4, 0.5) is 11.4 Å². The molecule has 0 radical (unpaired) electrons. The van der Waals surface area contributed by atoms with Crippen LogP contribution in [0, 0.1) is 0 Å². The number of hydrogen-bond donors (Lipinski definition) is 1. The molecule has 0 saturated heterocycles. The van der Waals surface area contributed by atoms with Gasteiger partial charge in [-0.15, -0.1) is 0 Å². The Bertz CT molecular complexity index is 1170. The van der Waals surface area contributed by atoms with Gasteiger partial charge >= 0.3 is 0 Å². The number of carbonyl (C=O) groups is 2. The molecular formula is C26H25Cl2N3O2. The van der Waals surface area contributed by atoms with E-state index in [0.717, 1.165) is 17.7 Å². The maximum absolute atomic E-state index is 13.5. The molecule has 3 aromatic rings. The Balaban J connectivity index is 1.55. The summed E-state index contributed by atoms with van der Waals surface area (Å²) in [6, 6.07) is 20.0. The maximum atomic E-state index is 13.5. The number of benzene rings is 3. The number of anilines is 2. The zero-order valence-electron chi connectivity index (χ0n) is 18.7. The average molecular weight is 482 g/mol. The molecule has 4 rings (SSSR count). The van der Waals surface area contributed by atoms with E-state index in [0.29, 0.717) is 26.9 Å². The van der Waals surface area contributed by atoms with E-state index < -0.39 is 0 Å². The third-order valence-electron chi connectivity index (χ3n) is 5.92. The van der Waals surface area contributed by atoms with E-state index in [1.165, 1.54) is 0 Å². The van der Waals surface area contributed by atoms with Crippen molar-refractivity contribution in [1.29, 1.82) is 0 Å². The smallest absolute Gasteiger partial charge is 0.258 e. The molecule has 170 valence electrons. The lowest BCUT2D eigenvalue weighted by Gasteiger charge is -2.41. The average Bonchev–Trinajstić information content (AvgIpc) is 2.78. The van der Waals surface area contributed by atoms with Crippen LogP contribution in [-0.4, -0.2) is 36.9 Å². The number of nitrogens with one attached hydrogen (secondary N) is 1. The van der Waals surface area contributed by atoms with Gasteiger partial charge in [-0.25, -0.2) is 0 Å². The largest absolute Gasteiger partial charge is 0.322 e. The second kappa shape index (κ2) is 9.56. The molecule has 0 bridgehead atoms. The Morgan fingerprint density at radius 1 is 0.939 bits per heavy atom. The third kappa shape index (κ3) is 4.91. The summed E-state index contributed by atoms with van der Waals surface area (Å²) < 4.78 is 0. The van der Waals surface area contributed by atoms with E-state index in [1.54, 1.807) is 42.5 Å². The molecule has 1 N–H and O–H groups in total. The highest BCUT2D eigenvalue weighted by Crippen LogP contribution is 2.40. The van der Waals surface area contributed by atoms with Crippen molar-refractivity contribution in [3.8, 4) is 0 Å². The minimum atomic E-state index is -0.327. The zero-order valence-corrected chi connectivity index (χ0v) is 20.2. The van der Waals surface area contributed by atoms with Crippen molar-refractivity contribution in [3.63, 3.8) is 0 Å². The van der Waals surface area contributed by atoms with Crippen LogP contribution in [-0.2, 0) is 0 Å². The Labute approximate surface area is 203 Å². The molecule has 5 nitrogen and oxygen atoms in total. The van der Waals surface area contributed by atoms with Gasteiger partial charge in [0.15, 0.2) is 0 Å². The number of halogens is 2. The molecule has 0 fully saturated rings. The van der Waals surface area contributed by atoms with Gasteiger partial charge in [0.05, 0.1) is 0 Å². The van der Waals surface area contributed by atoms with E-state index in [9.17, 15) is 9.59 Å². The van der Waals surface area contributed by atoms with Crippen LogP contribution in [0.5, 0.6) is 0 Å². The number of amides is 2. The van der Waals surface area contributed by atoms with E-state index in [-0.39, 0.29) is 23.9 Å². The highest BCUT2D eigenvalue weighted by molar-refractivity contribution is 6.35. The Morgan fingerprint density at radius 3 is 2.21 bits per heavy atom. The third-order valence-corrected chi connectivity index (χ3v) is 6.35. The highest BCUT2D eigenvalue weighted by atomic mass is 35.5. The molecule has 7 heteroatoms. The van der Waals surface area contributed by atoms with Crippen LogP contribution in [0.1, 0.15) is 45.7 Å². The van der Waals surface area contributed by atoms with Gasteiger partial charge in [-0.1, -0.05) is 41.4 Å². The van der Waals surface area contributed by atoms with E-state index >= 15 is 0 Å². The van der Waals surface area contributed by atoms with Gasteiger partial charge in [-0.2, -0.15) is 0 Å². The Morgan fingerprint density at radius 2 is 1.58 bits per heavy atom. The monoisotopic (exact) mass is 481 g/mol. The van der Waals surface area contributed by atoms with Crippen molar-refractivity contribution in [2.24, 2.45) is 0 Å². The van der Waals surface area contributed by atoms with Gasteiger partial charge in [0, 0.05) is 44.6 Å². The quantitative estimate of drug-likeness (QED) is 0.476. The number of carbonyl (C=O) groups excluding carboxylic acids is 2. The van der Waals surface area contributed by atoms with Gasteiger partial charge < -0.3 is 15.1 Å². The second-order valence-corrected chi connectivity index (χ2v) is 9.36. The van der Waals surface area contributed by atoms with Crippen LogP contribution in [0.25, 0.3) is 0 Å². The minimum Gasteiger partial charge on any atom is -0.322 e. The predicted molar refractivity (Wildman–Crippen MR) is 135 cm³/mol. The second-order valence-electron chi connectivity index (χ2n) is 8.49. The Kier molecular flexibility index (Phi) is 6.75. The lowest BCUT2D eigenvalue weighted by atomic mass is 9.90. The lowest BCUT2D eigenvalue weighted by molar-refractivity contribution is 0.0966. The van der Waals surface area contributed by atoms with Gasteiger partial charge in [0.2, 0.25) is 0 Å². The summed E-state index contributed by atoms with van der Waals surface area (Å²) in [5.74, 6) is -0.390. The Hall–Kier alpha value is -2.86. The topological polar surface area (TPSA) is 52.6 Å². The van der Waals surface area contributed by atoms with Crippen molar-refractivity contribution in [2.75, 3.05) is 24.3 Å². The summed E-state index contributed by atoms with van der Waals surface area (Å²) >= 11 is 12.0. The summed E-state index contributed by atoms with van der Waals surface area (Å²) in [5.41, 5.74) is 3.59. The predicted octanol–water partition coefficient (Wildman–Crippen LogP) is 6.29. The molecule has 0 aliphatic carbocycles. The first-order valence-corrected chi connectivity index (χ1v) is 11.5. The molecule has 1 aliphatic rings. The molecule has 2 amide bonds. The first-order chi connectivity index (χ1) is 15.7. The summed E-state index contributed by atoms with van der Waals surface area (Å²) in [4.78, 5) is 30.1. The van der Waals surface area contributed by atoms with Crippen LogP contribution in [0.15, 0.2) is 66.7 Å². The molecular weight excluding hydrogens is 457 g/mol. The molecule has 0 spiro atoms. The van der Waals surface area contributed by atoms with Crippen LogP contribution < -0.4 is 10.2 Å². The molecule has 1 aliphatic heterocycles. The van der Waals surface area contributed by atoms with Gasteiger partial charge in [-0.05, 0) is 81.5 Å². The molecule has 1 heterocycles. The molecule has 3 aromatic carbocycles. The number of rotatable bonds is 4. The number of para-hydroxylation sites is 1. The van der Waals surface area contributed by atoms with Crippen LogP contribution in [0.2, 0.25) is 10.0 Å². The van der Waals surface area contributed by atoms with Crippen molar-refractivity contribution < 1.29 is 9.59 Å². The van der Waals surface area contributed by atoms with Crippen molar-refractivity contribution in [1.82, 2.24) is 4.90 Å². The molecule has 0 saturated carbocycles. The fourth-order valence-electron chi connectivity index (χ4n) is 4.30. The van der Waals surface area contributed by atoms with Crippen molar-refractivity contribution in [3.05, 3.63) is 93.5 Å². The summed E-state index contributed by atoms with van der Waals surface area (Å²) in [7, 11) is 4.13. The first-order valence-electron chi connectivity index (χ1n) is 10.7. The zero-order chi connectivity index (χ0) is 23.7. The van der Waals surface area contributed by atoms with Crippen LogP contribution >= 0.6 is 23.2 Å². The first kappa shape index (κ1) is 23.3. The van der Waals surface area contributed by atoms with Gasteiger partial charge in [-0.3, -0.25) is 9.59 Å². The molecule has 2 unspecified atom stereocenters.